The van der Waals surface area contributed by atoms with Gasteiger partial charge < -0.3 is 10.4 Å². The monoisotopic (exact) mass is 303 g/mol. The number of carboxylic acids is 1. The molecule has 0 aliphatic carbocycles. The standard InChI is InChI=1S/C11H11BrFNO3/c1-6(11(16)17)14-10(15)5-7-2-3-8(12)9(13)4-7/h2-4,6H,5H2,1H3,(H,14,15)(H,16,17)/t6-/m0/s1. The van der Waals surface area contributed by atoms with Crippen LogP contribution in [0, 0.1) is 5.82 Å². The Labute approximate surface area is 106 Å². The zero-order valence-electron chi connectivity index (χ0n) is 9.04. The van der Waals surface area contributed by atoms with Crippen LogP contribution in [-0.4, -0.2) is 23.0 Å². The van der Waals surface area contributed by atoms with Crippen molar-refractivity contribution < 1.29 is 19.1 Å². The van der Waals surface area contributed by atoms with Crippen LogP contribution in [-0.2, 0) is 16.0 Å². The normalized spacial score (nSPS) is 11.9. The Morgan fingerprint density at radius 1 is 1.53 bits per heavy atom. The molecule has 0 aliphatic heterocycles. The van der Waals surface area contributed by atoms with Crippen molar-refractivity contribution in [1.82, 2.24) is 5.32 Å². The summed E-state index contributed by atoms with van der Waals surface area (Å²) < 4.78 is 13.5. The molecule has 0 fully saturated rings. The van der Waals surface area contributed by atoms with Crippen molar-refractivity contribution in [1.29, 1.82) is 0 Å². The van der Waals surface area contributed by atoms with E-state index in [4.69, 9.17) is 5.11 Å². The molecule has 0 saturated heterocycles. The number of hydrogen-bond donors (Lipinski definition) is 2. The first kappa shape index (κ1) is 13.6. The minimum atomic E-state index is -1.11. The van der Waals surface area contributed by atoms with E-state index in [1.165, 1.54) is 19.1 Å². The number of carboxylic acid groups (broad SMARTS) is 1. The van der Waals surface area contributed by atoms with Gasteiger partial charge in [-0.1, -0.05) is 6.07 Å². The van der Waals surface area contributed by atoms with E-state index < -0.39 is 23.7 Å². The van der Waals surface area contributed by atoms with Crippen LogP contribution in [0.3, 0.4) is 0 Å². The lowest BCUT2D eigenvalue weighted by atomic mass is 10.1. The summed E-state index contributed by atoms with van der Waals surface area (Å²) in [5, 5.41) is 10.9. The SMILES string of the molecule is C[C@H](NC(=O)Cc1ccc(Br)c(F)c1)C(=O)O. The maximum atomic E-state index is 13.1. The summed E-state index contributed by atoms with van der Waals surface area (Å²) in [6, 6.07) is 3.37. The molecule has 1 amide bonds. The summed E-state index contributed by atoms with van der Waals surface area (Å²) in [6.45, 7) is 1.36. The molecule has 6 heteroatoms. The van der Waals surface area contributed by atoms with Gasteiger partial charge in [0.1, 0.15) is 11.9 Å². The largest absolute Gasteiger partial charge is 0.480 e. The molecule has 0 unspecified atom stereocenters. The molecule has 92 valence electrons. The van der Waals surface area contributed by atoms with E-state index in [-0.39, 0.29) is 6.42 Å². The summed E-state index contributed by atoms with van der Waals surface area (Å²) in [4.78, 5) is 21.9. The highest BCUT2D eigenvalue weighted by atomic mass is 79.9. The van der Waals surface area contributed by atoms with Crippen LogP contribution in [0.5, 0.6) is 0 Å². The number of nitrogens with one attached hydrogen (secondary N) is 1. The van der Waals surface area contributed by atoms with Crippen molar-refractivity contribution in [2.75, 3.05) is 0 Å². The van der Waals surface area contributed by atoms with E-state index in [9.17, 15) is 14.0 Å². The first-order valence-electron chi connectivity index (χ1n) is 4.86. The van der Waals surface area contributed by atoms with E-state index in [1.54, 1.807) is 6.07 Å². The number of carbonyl (C=O) groups is 2. The van der Waals surface area contributed by atoms with Gasteiger partial charge in [0, 0.05) is 0 Å². The summed E-state index contributed by atoms with van der Waals surface area (Å²) in [5.74, 6) is -2.02. The molecule has 0 saturated carbocycles. The van der Waals surface area contributed by atoms with Crippen molar-refractivity contribution in [3.8, 4) is 0 Å². The smallest absolute Gasteiger partial charge is 0.325 e. The Morgan fingerprint density at radius 2 is 2.18 bits per heavy atom. The van der Waals surface area contributed by atoms with Crippen molar-refractivity contribution in [2.45, 2.75) is 19.4 Å². The van der Waals surface area contributed by atoms with Gasteiger partial charge in [-0.05, 0) is 40.5 Å². The number of hydrogen-bond acceptors (Lipinski definition) is 2. The average Bonchev–Trinajstić information content (AvgIpc) is 2.23. The summed E-state index contributed by atoms with van der Waals surface area (Å²) in [7, 11) is 0. The molecule has 1 rings (SSSR count). The fourth-order valence-electron chi connectivity index (χ4n) is 1.19. The summed E-state index contributed by atoms with van der Waals surface area (Å²) in [6.07, 6.45) is -0.0537. The Morgan fingerprint density at radius 3 is 2.71 bits per heavy atom. The Kier molecular flexibility index (Phi) is 4.62. The highest BCUT2D eigenvalue weighted by Crippen LogP contribution is 2.16. The summed E-state index contributed by atoms with van der Waals surface area (Å²) in [5.41, 5.74) is 0.487. The average molecular weight is 304 g/mol. The minimum Gasteiger partial charge on any atom is -0.480 e. The molecule has 0 aromatic heterocycles. The van der Waals surface area contributed by atoms with Gasteiger partial charge in [-0.2, -0.15) is 0 Å². The molecule has 0 bridgehead atoms. The van der Waals surface area contributed by atoms with E-state index >= 15 is 0 Å². The first-order chi connectivity index (χ1) is 7.90. The molecule has 1 aromatic carbocycles. The van der Waals surface area contributed by atoms with Crippen LogP contribution in [0.2, 0.25) is 0 Å². The lowest BCUT2D eigenvalue weighted by Gasteiger charge is -2.09. The summed E-state index contributed by atoms with van der Waals surface area (Å²) >= 11 is 3.00. The van der Waals surface area contributed by atoms with Gasteiger partial charge >= 0.3 is 5.97 Å². The van der Waals surface area contributed by atoms with E-state index in [2.05, 4.69) is 21.2 Å². The van der Waals surface area contributed by atoms with Crippen LogP contribution in [0.1, 0.15) is 12.5 Å². The van der Waals surface area contributed by atoms with Gasteiger partial charge in [0.25, 0.3) is 0 Å². The van der Waals surface area contributed by atoms with Crippen LogP contribution >= 0.6 is 15.9 Å². The molecule has 0 radical (unpaired) electrons. The molecular weight excluding hydrogens is 293 g/mol. The second-order valence-corrected chi connectivity index (χ2v) is 4.41. The quantitative estimate of drug-likeness (QED) is 0.890. The van der Waals surface area contributed by atoms with E-state index in [0.717, 1.165) is 0 Å². The predicted molar refractivity (Wildman–Crippen MR) is 63.0 cm³/mol. The van der Waals surface area contributed by atoms with Crippen molar-refractivity contribution in [3.05, 3.63) is 34.1 Å². The first-order valence-corrected chi connectivity index (χ1v) is 5.65. The van der Waals surface area contributed by atoms with Crippen LogP contribution < -0.4 is 5.32 Å². The van der Waals surface area contributed by atoms with Crippen LogP contribution in [0.4, 0.5) is 4.39 Å². The Bertz CT molecular complexity index is 450. The third-order valence-electron chi connectivity index (χ3n) is 2.10. The third-order valence-corrected chi connectivity index (χ3v) is 2.74. The number of halogens is 2. The lowest BCUT2D eigenvalue weighted by molar-refractivity contribution is -0.141. The number of carbonyl (C=O) groups excluding carboxylic acids is 1. The minimum absolute atomic E-state index is 0.0537. The maximum absolute atomic E-state index is 13.1. The fraction of sp³-hybridized carbons (Fsp3) is 0.273. The van der Waals surface area contributed by atoms with E-state index in [1.807, 2.05) is 0 Å². The van der Waals surface area contributed by atoms with Gasteiger partial charge in [-0.15, -0.1) is 0 Å². The zero-order valence-corrected chi connectivity index (χ0v) is 10.6. The van der Waals surface area contributed by atoms with Crippen molar-refractivity contribution in [3.63, 3.8) is 0 Å². The maximum Gasteiger partial charge on any atom is 0.325 e. The molecule has 2 N–H and O–H groups in total. The third kappa shape index (κ3) is 4.14. The molecule has 0 heterocycles. The molecule has 4 nitrogen and oxygen atoms in total. The van der Waals surface area contributed by atoms with Gasteiger partial charge in [0.05, 0.1) is 10.9 Å². The van der Waals surface area contributed by atoms with Crippen LogP contribution in [0.15, 0.2) is 22.7 Å². The molecule has 1 aromatic rings. The Balaban J connectivity index is 2.62. The van der Waals surface area contributed by atoms with Gasteiger partial charge in [0.15, 0.2) is 0 Å². The van der Waals surface area contributed by atoms with Crippen molar-refractivity contribution in [2.24, 2.45) is 0 Å². The topological polar surface area (TPSA) is 66.4 Å². The van der Waals surface area contributed by atoms with Gasteiger partial charge in [-0.3, -0.25) is 9.59 Å². The van der Waals surface area contributed by atoms with Crippen molar-refractivity contribution >= 4 is 27.8 Å². The van der Waals surface area contributed by atoms with Gasteiger partial charge in [-0.25, -0.2) is 4.39 Å². The highest BCUT2D eigenvalue weighted by Gasteiger charge is 2.14. The fourth-order valence-corrected chi connectivity index (χ4v) is 1.44. The Hall–Kier alpha value is -1.43. The van der Waals surface area contributed by atoms with Crippen LogP contribution in [0.25, 0.3) is 0 Å². The highest BCUT2D eigenvalue weighted by molar-refractivity contribution is 9.10. The molecule has 0 spiro atoms. The lowest BCUT2D eigenvalue weighted by Crippen LogP contribution is -2.39. The second kappa shape index (κ2) is 5.77. The van der Waals surface area contributed by atoms with E-state index in [0.29, 0.717) is 10.0 Å². The van der Waals surface area contributed by atoms with Gasteiger partial charge in [0.2, 0.25) is 5.91 Å². The molecular formula is C11H11BrFNO3. The number of benzene rings is 1. The zero-order chi connectivity index (χ0) is 13.0. The second-order valence-electron chi connectivity index (χ2n) is 3.55. The number of amides is 1. The number of rotatable bonds is 4. The molecule has 0 aliphatic rings. The number of aliphatic carboxylic acids is 1. The molecule has 1 atom stereocenters. The predicted octanol–water partition coefficient (Wildman–Crippen LogP) is 1.72. The molecule has 17 heavy (non-hydrogen) atoms.